The van der Waals surface area contributed by atoms with Crippen molar-refractivity contribution in [3.63, 3.8) is 0 Å². The Balaban J connectivity index is 2.10. The molecule has 2 rings (SSSR count). The highest BCUT2D eigenvalue weighted by Crippen LogP contribution is 2.17. The van der Waals surface area contributed by atoms with Gasteiger partial charge in [0.25, 0.3) is 0 Å². The second-order valence-corrected chi connectivity index (χ2v) is 4.13. The normalized spacial score (nSPS) is 16.8. The first kappa shape index (κ1) is 11.2. The van der Waals surface area contributed by atoms with Gasteiger partial charge in [0.05, 0.1) is 5.02 Å². The van der Waals surface area contributed by atoms with Crippen LogP contribution in [0.1, 0.15) is 12.0 Å². The Morgan fingerprint density at radius 2 is 2.31 bits per heavy atom. The minimum Gasteiger partial charge on any atom is -0.319 e. The summed E-state index contributed by atoms with van der Waals surface area (Å²) >= 11 is 5.98. The number of urea groups is 1. The number of nitrogens with zero attached hydrogens (tertiary/aromatic N) is 3. The number of carbonyl (C=O) groups excluding carboxylic acids is 1. The Labute approximate surface area is 98.8 Å². The van der Waals surface area contributed by atoms with E-state index in [1.807, 2.05) is 6.07 Å². The van der Waals surface area contributed by atoms with Gasteiger partial charge >= 0.3 is 6.03 Å². The Bertz CT molecular complexity index is 398. The number of hydrogen-bond donors (Lipinski definition) is 1. The zero-order valence-corrected chi connectivity index (χ0v) is 9.52. The van der Waals surface area contributed by atoms with Crippen LogP contribution in [0.15, 0.2) is 18.5 Å². The van der Waals surface area contributed by atoms with Crippen molar-refractivity contribution in [2.75, 3.05) is 13.1 Å². The van der Waals surface area contributed by atoms with Gasteiger partial charge in [-0.2, -0.15) is 0 Å². The summed E-state index contributed by atoms with van der Waals surface area (Å²) in [5.74, 6) is 5.56. The molecule has 0 unspecified atom stereocenters. The van der Waals surface area contributed by atoms with Crippen LogP contribution in [0, 0.1) is 0 Å². The Kier molecular flexibility index (Phi) is 3.26. The number of carbonyl (C=O) groups is 1. The average molecular weight is 241 g/mol. The summed E-state index contributed by atoms with van der Waals surface area (Å²) in [7, 11) is 0. The first-order valence-corrected chi connectivity index (χ1v) is 5.46. The fourth-order valence-corrected chi connectivity index (χ4v) is 1.87. The number of aromatic nitrogens is 1. The SMILES string of the molecule is NN1CCCN(Cc2ccncc2Cl)C1=O. The lowest BCUT2D eigenvalue weighted by atomic mass is 10.2. The molecular formula is C10H13ClN4O. The summed E-state index contributed by atoms with van der Waals surface area (Å²) in [6.07, 6.45) is 4.12. The highest BCUT2D eigenvalue weighted by molar-refractivity contribution is 6.31. The summed E-state index contributed by atoms with van der Waals surface area (Å²) < 4.78 is 0. The van der Waals surface area contributed by atoms with Crippen LogP contribution < -0.4 is 5.84 Å². The van der Waals surface area contributed by atoms with Crippen molar-refractivity contribution in [2.24, 2.45) is 5.84 Å². The van der Waals surface area contributed by atoms with E-state index in [9.17, 15) is 4.79 Å². The van der Waals surface area contributed by atoms with E-state index in [4.69, 9.17) is 17.4 Å². The lowest BCUT2D eigenvalue weighted by molar-refractivity contribution is 0.127. The highest BCUT2D eigenvalue weighted by atomic mass is 35.5. The van der Waals surface area contributed by atoms with Gasteiger partial charge in [-0.25, -0.2) is 10.6 Å². The molecule has 6 heteroatoms. The zero-order valence-electron chi connectivity index (χ0n) is 8.77. The average Bonchev–Trinajstić information content (AvgIpc) is 2.28. The molecule has 1 saturated heterocycles. The fraction of sp³-hybridized carbons (Fsp3) is 0.400. The predicted octanol–water partition coefficient (Wildman–Crippen LogP) is 1.24. The molecule has 0 aromatic carbocycles. The van der Waals surface area contributed by atoms with Crippen molar-refractivity contribution in [1.82, 2.24) is 14.9 Å². The van der Waals surface area contributed by atoms with E-state index < -0.39 is 0 Å². The molecule has 2 heterocycles. The van der Waals surface area contributed by atoms with E-state index in [1.54, 1.807) is 17.3 Å². The molecule has 1 aliphatic heterocycles. The van der Waals surface area contributed by atoms with Crippen LogP contribution in [0.2, 0.25) is 5.02 Å². The van der Waals surface area contributed by atoms with Gasteiger partial charge in [0.1, 0.15) is 0 Å². The summed E-state index contributed by atoms with van der Waals surface area (Å²) in [6, 6.07) is 1.66. The van der Waals surface area contributed by atoms with Crippen molar-refractivity contribution in [1.29, 1.82) is 0 Å². The van der Waals surface area contributed by atoms with Crippen LogP contribution in [0.25, 0.3) is 0 Å². The van der Waals surface area contributed by atoms with Gasteiger partial charge in [0.2, 0.25) is 0 Å². The quantitative estimate of drug-likeness (QED) is 0.625. The van der Waals surface area contributed by atoms with Gasteiger partial charge in [0, 0.05) is 32.0 Å². The number of halogens is 1. The summed E-state index contributed by atoms with van der Waals surface area (Å²) in [4.78, 5) is 17.3. The van der Waals surface area contributed by atoms with Crippen molar-refractivity contribution < 1.29 is 4.79 Å². The van der Waals surface area contributed by atoms with Gasteiger partial charge in [-0.1, -0.05) is 11.6 Å². The maximum absolute atomic E-state index is 11.7. The van der Waals surface area contributed by atoms with Gasteiger partial charge in [-0.3, -0.25) is 9.99 Å². The third-order valence-corrected chi connectivity index (χ3v) is 2.90. The van der Waals surface area contributed by atoms with Crippen molar-refractivity contribution in [3.8, 4) is 0 Å². The molecule has 0 radical (unpaired) electrons. The fourth-order valence-electron chi connectivity index (χ4n) is 1.69. The second-order valence-electron chi connectivity index (χ2n) is 3.72. The van der Waals surface area contributed by atoms with Crippen LogP contribution in [-0.4, -0.2) is 34.0 Å². The largest absolute Gasteiger partial charge is 0.334 e. The van der Waals surface area contributed by atoms with Gasteiger partial charge in [-0.15, -0.1) is 0 Å². The lowest BCUT2D eigenvalue weighted by Crippen LogP contribution is -2.52. The van der Waals surface area contributed by atoms with Crippen molar-refractivity contribution in [2.45, 2.75) is 13.0 Å². The Morgan fingerprint density at radius 3 is 3.06 bits per heavy atom. The summed E-state index contributed by atoms with van der Waals surface area (Å²) in [5, 5.41) is 1.81. The molecule has 0 aliphatic carbocycles. The molecule has 0 atom stereocenters. The van der Waals surface area contributed by atoms with E-state index >= 15 is 0 Å². The number of rotatable bonds is 2. The number of nitrogens with two attached hydrogens (primary N) is 1. The molecule has 1 fully saturated rings. The van der Waals surface area contributed by atoms with Crippen LogP contribution >= 0.6 is 11.6 Å². The van der Waals surface area contributed by atoms with Crippen molar-refractivity contribution in [3.05, 3.63) is 29.0 Å². The highest BCUT2D eigenvalue weighted by Gasteiger charge is 2.23. The third-order valence-electron chi connectivity index (χ3n) is 2.56. The lowest BCUT2D eigenvalue weighted by Gasteiger charge is -2.32. The Morgan fingerprint density at radius 1 is 1.50 bits per heavy atom. The van der Waals surface area contributed by atoms with E-state index in [0.29, 0.717) is 24.7 Å². The standard InChI is InChI=1S/C10H13ClN4O/c11-9-6-13-3-2-8(9)7-14-4-1-5-15(12)10(14)16/h2-3,6H,1,4-5,7,12H2. The monoisotopic (exact) mass is 240 g/mol. The first-order chi connectivity index (χ1) is 7.68. The van der Waals surface area contributed by atoms with E-state index in [2.05, 4.69) is 4.98 Å². The molecule has 2 N–H and O–H groups in total. The minimum atomic E-state index is -0.154. The van der Waals surface area contributed by atoms with Crippen LogP contribution in [0.4, 0.5) is 4.79 Å². The predicted molar refractivity (Wildman–Crippen MR) is 60.6 cm³/mol. The van der Waals surface area contributed by atoms with Crippen molar-refractivity contribution >= 4 is 17.6 Å². The van der Waals surface area contributed by atoms with Gasteiger partial charge in [-0.05, 0) is 18.1 Å². The molecular weight excluding hydrogens is 228 g/mol. The molecule has 2 amide bonds. The van der Waals surface area contributed by atoms with Crippen LogP contribution in [-0.2, 0) is 6.54 Å². The maximum Gasteiger partial charge on any atom is 0.334 e. The van der Waals surface area contributed by atoms with E-state index in [-0.39, 0.29) is 6.03 Å². The summed E-state index contributed by atoms with van der Waals surface area (Å²) in [5.41, 5.74) is 0.889. The number of hydrogen-bond acceptors (Lipinski definition) is 3. The molecule has 0 bridgehead atoms. The molecule has 0 spiro atoms. The molecule has 1 aliphatic rings. The molecule has 86 valence electrons. The molecule has 1 aromatic heterocycles. The smallest absolute Gasteiger partial charge is 0.319 e. The number of amides is 2. The molecule has 0 saturated carbocycles. The van der Waals surface area contributed by atoms with Gasteiger partial charge < -0.3 is 4.90 Å². The van der Waals surface area contributed by atoms with Gasteiger partial charge in [0.15, 0.2) is 0 Å². The molecule has 1 aromatic rings. The third kappa shape index (κ3) is 2.25. The van der Waals surface area contributed by atoms with E-state index in [1.165, 1.54) is 5.01 Å². The zero-order chi connectivity index (χ0) is 11.5. The summed E-state index contributed by atoms with van der Waals surface area (Å²) in [6.45, 7) is 1.80. The first-order valence-electron chi connectivity index (χ1n) is 5.08. The number of pyridine rings is 1. The van der Waals surface area contributed by atoms with Crippen LogP contribution in [0.5, 0.6) is 0 Å². The minimum absolute atomic E-state index is 0.154. The molecule has 16 heavy (non-hydrogen) atoms. The topological polar surface area (TPSA) is 62.5 Å². The maximum atomic E-state index is 11.7. The second kappa shape index (κ2) is 4.67. The number of hydrazine groups is 1. The Hall–Kier alpha value is -1.33. The molecule has 5 nitrogen and oxygen atoms in total. The van der Waals surface area contributed by atoms with E-state index in [0.717, 1.165) is 12.0 Å². The van der Waals surface area contributed by atoms with Crippen LogP contribution in [0.3, 0.4) is 0 Å².